The lowest BCUT2D eigenvalue weighted by molar-refractivity contribution is 0.232. The molecule has 1 aliphatic rings. The smallest absolute Gasteiger partial charge is 0.120 e. The van der Waals surface area contributed by atoms with E-state index < -0.39 is 0 Å². The Bertz CT molecular complexity index is 620. The molecule has 0 aliphatic carbocycles. The van der Waals surface area contributed by atoms with Crippen molar-refractivity contribution >= 4 is 11.6 Å². The first-order chi connectivity index (χ1) is 11.3. The van der Waals surface area contributed by atoms with Crippen molar-refractivity contribution in [1.82, 2.24) is 4.90 Å². The molecule has 0 bridgehead atoms. The lowest BCUT2D eigenvalue weighted by Gasteiger charge is -2.17. The van der Waals surface area contributed by atoms with Gasteiger partial charge in [0.25, 0.3) is 0 Å². The van der Waals surface area contributed by atoms with Gasteiger partial charge in [0.2, 0.25) is 0 Å². The van der Waals surface area contributed by atoms with Gasteiger partial charge in [-0.1, -0.05) is 48.0 Å². The van der Waals surface area contributed by atoms with Gasteiger partial charge in [-0.15, -0.1) is 0 Å². The van der Waals surface area contributed by atoms with Crippen LogP contribution in [0.1, 0.15) is 11.5 Å². The summed E-state index contributed by atoms with van der Waals surface area (Å²) in [4.78, 5) is 2.44. The SMILES string of the molecule is NC[C@@H]1CN(CCOc2cccc(Cl)c2)C[C@H]1c1ccccc1. The lowest BCUT2D eigenvalue weighted by atomic mass is 9.89. The van der Waals surface area contributed by atoms with Crippen LogP contribution in [-0.2, 0) is 0 Å². The van der Waals surface area contributed by atoms with Gasteiger partial charge < -0.3 is 10.5 Å². The number of rotatable bonds is 6. The van der Waals surface area contributed by atoms with Gasteiger partial charge in [-0.3, -0.25) is 4.90 Å². The average molecular weight is 331 g/mol. The maximum Gasteiger partial charge on any atom is 0.120 e. The Morgan fingerprint density at radius 1 is 1.09 bits per heavy atom. The highest BCUT2D eigenvalue weighted by molar-refractivity contribution is 6.30. The molecule has 1 heterocycles. The van der Waals surface area contributed by atoms with E-state index in [9.17, 15) is 0 Å². The molecule has 4 heteroatoms. The van der Waals surface area contributed by atoms with Crippen molar-refractivity contribution in [3.05, 3.63) is 65.2 Å². The fourth-order valence-corrected chi connectivity index (χ4v) is 3.49. The predicted molar refractivity (Wildman–Crippen MR) is 95.1 cm³/mol. The van der Waals surface area contributed by atoms with Crippen LogP contribution in [0.3, 0.4) is 0 Å². The number of halogens is 1. The van der Waals surface area contributed by atoms with Gasteiger partial charge in [0.1, 0.15) is 12.4 Å². The fourth-order valence-electron chi connectivity index (χ4n) is 3.31. The van der Waals surface area contributed by atoms with Gasteiger partial charge in [0, 0.05) is 30.6 Å². The second kappa shape index (κ2) is 7.82. The third-order valence-electron chi connectivity index (χ3n) is 4.52. The first-order valence-corrected chi connectivity index (χ1v) is 8.50. The van der Waals surface area contributed by atoms with E-state index in [1.54, 1.807) is 0 Å². The van der Waals surface area contributed by atoms with E-state index in [0.29, 0.717) is 23.5 Å². The van der Waals surface area contributed by atoms with Gasteiger partial charge in [-0.25, -0.2) is 0 Å². The Balaban J connectivity index is 1.53. The summed E-state index contributed by atoms with van der Waals surface area (Å²) in [5.41, 5.74) is 7.38. The maximum atomic E-state index is 5.99. The van der Waals surface area contributed by atoms with Gasteiger partial charge in [0.05, 0.1) is 0 Å². The van der Waals surface area contributed by atoms with Crippen LogP contribution in [0.2, 0.25) is 5.02 Å². The Morgan fingerprint density at radius 2 is 1.91 bits per heavy atom. The standard InChI is InChI=1S/C19H23ClN2O/c20-17-7-4-8-18(11-17)23-10-9-22-13-16(12-21)19(14-22)15-5-2-1-3-6-15/h1-8,11,16,19H,9-10,12-14,21H2/t16-,19+/m1/s1. The average Bonchev–Trinajstić information content (AvgIpc) is 2.99. The zero-order valence-electron chi connectivity index (χ0n) is 13.2. The van der Waals surface area contributed by atoms with E-state index in [-0.39, 0.29) is 0 Å². The molecule has 122 valence electrons. The molecule has 23 heavy (non-hydrogen) atoms. The molecule has 0 aromatic heterocycles. The van der Waals surface area contributed by atoms with E-state index in [1.807, 2.05) is 24.3 Å². The summed E-state index contributed by atoms with van der Waals surface area (Å²) in [5, 5.41) is 0.705. The van der Waals surface area contributed by atoms with Crippen LogP contribution in [0.15, 0.2) is 54.6 Å². The van der Waals surface area contributed by atoms with Crippen LogP contribution < -0.4 is 10.5 Å². The second-order valence-electron chi connectivity index (χ2n) is 6.08. The Hall–Kier alpha value is -1.55. The maximum absolute atomic E-state index is 5.99. The highest BCUT2D eigenvalue weighted by Crippen LogP contribution is 2.31. The minimum absolute atomic E-state index is 0.517. The molecule has 0 amide bonds. The van der Waals surface area contributed by atoms with Crippen molar-refractivity contribution in [2.75, 3.05) is 32.8 Å². The molecule has 1 aliphatic heterocycles. The molecule has 1 saturated heterocycles. The summed E-state index contributed by atoms with van der Waals surface area (Å²) in [5.74, 6) is 1.86. The quantitative estimate of drug-likeness (QED) is 0.882. The van der Waals surface area contributed by atoms with E-state index in [2.05, 4.69) is 35.2 Å². The monoisotopic (exact) mass is 330 g/mol. The van der Waals surface area contributed by atoms with Crippen molar-refractivity contribution < 1.29 is 4.74 Å². The van der Waals surface area contributed by atoms with Crippen molar-refractivity contribution in [3.8, 4) is 5.75 Å². The van der Waals surface area contributed by atoms with Gasteiger partial charge in [-0.05, 0) is 36.2 Å². The van der Waals surface area contributed by atoms with Crippen LogP contribution >= 0.6 is 11.6 Å². The topological polar surface area (TPSA) is 38.5 Å². The first-order valence-electron chi connectivity index (χ1n) is 8.12. The van der Waals surface area contributed by atoms with Crippen molar-refractivity contribution in [2.45, 2.75) is 5.92 Å². The Kier molecular flexibility index (Phi) is 5.55. The van der Waals surface area contributed by atoms with Crippen LogP contribution in [0.5, 0.6) is 5.75 Å². The molecule has 0 spiro atoms. The molecule has 0 radical (unpaired) electrons. The van der Waals surface area contributed by atoms with Gasteiger partial charge >= 0.3 is 0 Å². The molecule has 2 N–H and O–H groups in total. The summed E-state index contributed by atoms with van der Waals surface area (Å²) in [6, 6.07) is 18.2. The molecule has 1 fully saturated rings. The number of benzene rings is 2. The number of ether oxygens (including phenoxy) is 1. The van der Waals surface area contributed by atoms with E-state index in [1.165, 1.54) is 5.56 Å². The Labute approximate surface area is 143 Å². The number of nitrogens with zero attached hydrogens (tertiary/aromatic N) is 1. The zero-order valence-corrected chi connectivity index (χ0v) is 14.0. The minimum Gasteiger partial charge on any atom is -0.492 e. The van der Waals surface area contributed by atoms with Crippen LogP contribution in [0.25, 0.3) is 0 Å². The summed E-state index contributed by atoms with van der Waals surface area (Å²) < 4.78 is 5.80. The third-order valence-corrected chi connectivity index (χ3v) is 4.75. The van der Waals surface area contributed by atoms with Crippen molar-refractivity contribution in [2.24, 2.45) is 11.7 Å². The van der Waals surface area contributed by atoms with Gasteiger partial charge in [-0.2, -0.15) is 0 Å². The zero-order chi connectivity index (χ0) is 16.1. The summed E-state index contributed by atoms with van der Waals surface area (Å²) >= 11 is 5.97. The number of likely N-dealkylation sites (tertiary alicyclic amines) is 1. The summed E-state index contributed by atoms with van der Waals surface area (Å²) in [7, 11) is 0. The lowest BCUT2D eigenvalue weighted by Crippen LogP contribution is -2.27. The van der Waals surface area contributed by atoms with E-state index in [0.717, 1.165) is 31.9 Å². The highest BCUT2D eigenvalue weighted by Gasteiger charge is 2.32. The van der Waals surface area contributed by atoms with Crippen molar-refractivity contribution in [3.63, 3.8) is 0 Å². The number of hydrogen-bond acceptors (Lipinski definition) is 3. The van der Waals surface area contributed by atoms with E-state index >= 15 is 0 Å². The molecular formula is C19H23ClN2O. The molecule has 0 saturated carbocycles. The molecule has 2 aromatic rings. The molecule has 3 rings (SSSR count). The predicted octanol–water partition coefficient (Wildman–Crippen LogP) is 3.39. The number of nitrogens with two attached hydrogens (primary N) is 1. The molecule has 3 nitrogen and oxygen atoms in total. The van der Waals surface area contributed by atoms with Crippen molar-refractivity contribution in [1.29, 1.82) is 0 Å². The first kappa shape index (κ1) is 16.3. The van der Waals surface area contributed by atoms with Crippen LogP contribution in [0, 0.1) is 5.92 Å². The molecule has 2 atom stereocenters. The van der Waals surface area contributed by atoms with Gasteiger partial charge in [0.15, 0.2) is 0 Å². The summed E-state index contributed by atoms with van der Waals surface area (Å²) in [6.07, 6.45) is 0. The largest absolute Gasteiger partial charge is 0.492 e. The van der Waals surface area contributed by atoms with Crippen LogP contribution in [0.4, 0.5) is 0 Å². The van der Waals surface area contributed by atoms with Crippen LogP contribution in [-0.4, -0.2) is 37.7 Å². The highest BCUT2D eigenvalue weighted by atomic mass is 35.5. The molecule has 2 aromatic carbocycles. The third kappa shape index (κ3) is 4.25. The minimum atomic E-state index is 0.517. The second-order valence-corrected chi connectivity index (χ2v) is 6.51. The number of hydrogen-bond donors (Lipinski definition) is 1. The summed E-state index contributed by atoms with van der Waals surface area (Å²) in [6.45, 7) is 4.39. The molecular weight excluding hydrogens is 308 g/mol. The fraction of sp³-hybridized carbons (Fsp3) is 0.368. The normalized spacial score (nSPS) is 21.5. The molecule has 0 unspecified atom stereocenters. The van der Waals surface area contributed by atoms with E-state index in [4.69, 9.17) is 22.1 Å². The Morgan fingerprint density at radius 3 is 2.65 bits per heavy atom.